The molecule has 5 heavy (non-hydrogen) atoms. The normalized spacial score (nSPS) is 0. The molecule has 0 aliphatic rings. The maximum absolute atomic E-state index is 0. The van der Waals surface area contributed by atoms with Crippen molar-refractivity contribution in [3.63, 3.8) is 0 Å². The Bertz CT molecular complexity index is 11.6. The smallest absolute Gasteiger partial charge is 0 e. The minimum atomic E-state index is 0. The summed E-state index contributed by atoms with van der Waals surface area (Å²) in [5.41, 5.74) is 0. The average molecular weight is 274 g/mol. The minimum Gasteiger partial charge on any atom is 0 e. The Morgan fingerprint density at radius 3 is 1.00 bits per heavy atom. The number of hydrogen-bond donors (Lipinski definition) is 0. The first kappa shape index (κ1) is 56.3. The summed E-state index contributed by atoms with van der Waals surface area (Å²) in [6, 6.07) is 0. The quantitative estimate of drug-likeness (QED) is 0.548. The summed E-state index contributed by atoms with van der Waals surface area (Å²) in [7, 11) is 0. The van der Waals surface area contributed by atoms with Crippen LogP contribution in [0.3, 0.4) is 0 Å². The van der Waals surface area contributed by atoms with Crippen LogP contribution >= 0.6 is 0 Å². The maximum atomic E-state index is 0. The molecule has 0 rings (SSSR count). The fourth-order valence-electron chi connectivity index (χ4n) is 0. The van der Waals surface area contributed by atoms with Gasteiger partial charge in [0.25, 0.3) is 0 Å². The molecule has 0 aliphatic carbocycles. The van der Waals surface area contributed by atoms with Crippen LogP contribution < -0.4 is 0 Å². The van der Waals surface area contributed by atoms with Crippen LogP contribution in [0.2, 0.25) is 0 Å². The molecule has 5 radical (unpaired) electrons. The Hall–Kier alpha value is 2.23. The van der Waals surface area contributed by atoms with Crippen LogP contribution in [0.1, 0.15) is 0 Å². The standard InChI is InChI=1S/C.Cr.Mn.Mo.Ni. The summed E-state index contributed by atoms with van der Waals surface area (Å²) in [4.78, 5) is 0. The fraction of sp³-hybridized carbons (Fsp3) is 0. The first-order valence-electron chi connectivity index (χ1n) is 0. The molecule has 0 fully saturated rings. The van der Waals surface area contributed by atoms with Gasteiger partial charge in [0.2, 0.25) is 0 Å². The topological polar surface area (TPSA) is 0 Å². The van der Waals surface area contributed by atoms with E-state index in [1.165, 1.54) is 0 Å². The van der Waals surface area contributed by atoms with Gasteiger partial charge in [-0.25, -0.2) is 0 Å². The second-order valence-electron chi connectivity index (χ2n) is 0. The van der Waals surface area contributed by atoms with E-state index in [1.807, 2.05) is 0 Å². The van der Waals surface area contributed by atoms with Crippen molar-refractivity contribution in [2.45, 2.75) is 0 Å². The Kier molecular flexibility index (Phi) is 386. The average Bonchev–Trinajstić information content (AvgIpc) is 0. The molecule has 0 atom stereocenters. The first-order chi connectivity index (χ1) is 0. The zero-order valence-electron chi connectivity index (χ0n) is 2.01. The minimum absolute atomic E-state index is 0. The summed E-state index contributed by atoms with van der Waals surface area (Å²) in [5.74, 6) is 0. The third kappa shape index (κ3) is 22.4. The molecule has 0 aromatic heterocycles. The SMILES string of the molecule is [C].[Cr].[Mn].[Mo].[Ni]. The van der Waals surface area contributed by atoms with Crippen molar-refractivity contribution in [1.82, 2.24) is 0 Å². The predicted octanol–water partition coefficient (Wildman–Crippen LogP) is 0.0713. The van der Waals surface area contributed by atoms with Crippen molar-refractivity contribution in [3.05, 3.63) is 7.43 Å². The van der Waals surface area contributed by atoms with Gasteiger partial charge in [-0.1, -0.05) is 0 Å². The van der Waals surface area contributed by atoms with Gasteiger partial charge in [0.15, 0.2) is 0 Å². The van der Waals surface area contributed by atoms with Gasteiger partial charge < -0.3 is 0 Å². The van der Waals surface area contributed by atoms with Crippen LogP contribution in [0.25, 0.3) is 0 Å². The summed E-state index contributed by atoms with van der Waals surface area (Å²) >= 11 is 0. The molecular formula is CCrMnMoNi. The zero-order chi connectivity index (χ0) is 0. The first-order valence-corrected chi connectivity index (χ1v) is 0. The van der Waals surface area contributed by atoms with Crippen LogP contribution in [0.5, 0.6) is 0 Å². The number of hydrogen-bond acceptors (Lipinski definition) is 0. The van der Waals surface area contributed by atoms with Crippen LogP contribution in [0.4, 0.5) is 0 Å². The Morgan fingerprint density at radius 1 is 1.00 bits per heavy atom. The van der Waals surface area contributed by atoms with Crippen molar-refractivity contribution in [1.29, 1.82) is 0 Å². The largest absolute Gasteiger partial charge is 0 e. The van der Waals surface area contributed by atoms with E-state index >= 15 is 0 Å². The van der Waals surface area contributed by atoms with Gasteiger partial charge in [-0.2, -0.15) is 0 Å². The second-order valence-corrected chi connectivity index (χ2v) is 0. The maximum Gasteiger partial charge on any atom is 0 e. The van der Waals surface area contributed by atoms with E-state index in [0.29, 0.717) is 0 Å². The third-order valence-corrected chi connectivity index (χ3v) is 0. The van der Waals surface area contributed by atoms with E-state index < -0.39 is 0 Å². The molecular weight excluding hydrogens is 274 g/mol. The molecule has 0 aromatic rings. The van der Waals surface area contributed by atoms with E-state index in [9.17, 15) is 0 Å². The van der Waals surface area contributed by atoms with E-state index in [1.54, 1.807) is 0 Å². The molecule has 0 amide bonds. The molecule has 0 spiro atoms. The molecule has 0 saturated carbocycles. The summed E-state index contributed by atoms with van der Waals surface area (Å²) in [6.07, 6.45) is 0. The third-order valence-electron chi connectivity index (χ3n) is 0. The molecule has 0 saturated heterocycles. The van der Waals surface area contributed by atoms with Gasteiger partial charge in [-0.05, 0) is 0 Å². The van der Waals surface area contributed by atoms with Gasteiger partial charge in [0, 0.05) is 79.4 Å². The van der Waals surface area contributed by atoms with E-state index in [4.69, 9.17) is 0 Å². The molecule has 0 aromatic carbocycles. The second kappa shape index (κ2) is 34.2. The Labute approximate surface area is 78.6 Å². The molecule has 0 nitrogen and oxygen atoms in total. The summed E-state index contributed by atoms with van der Waals surface area (Å²) in [6.45, 7) is 0. The molecule has 0 heterocycles. The van der Waals surface area contributed by atoms with Gasteiger partial charge in [-0.3, -0.25) is 0 Å². The van der Waals surface area contributed by atoms with E-state index in [2.05, 4.69) is 0 Å². The van der Waals surface area contributed by atoms with E-state index in [-0.39, 0.29) is 79.4 Å². The summed E-state index contributed by atoms with van der Waals surface area (Å²) in [5, 5.41) is 0. The van der Waals surface area contributed by atoms with Crippen molar-refractivity contribution in [2.24, 2.45) is 0 Å². The van der Waals surface area contributed by atoms with Crippen LogP contribution in [0.15, 0.2) is 0 Å². The van der Waals surface area contributed by atoms with Crippen molar-refractivity contribution >= 4 is 0 Å². The number of rotatable bonds is 0. The fourth-order valence-corrected chi connectivity index (χ4v) is 0. The summed E-state index contributed by atoms with van der Waals surface area (Å²) < 4.78 is 0. The molecule has 0 bridgehead atoms. The molecule has 0 unspecified atom stereocenters. The van der Waals surface area contributed by atoms with Crippen molar-refractivity contribution in [2.75, 3.05) is 0 Å². The Balaban J connectivity index is 0. The molecule has 0 aliphatic heterocycles. The van der Waals surface area contributed by atoms with Crippen LogP contribution in [-0.4, -0.2) is 0 Å². The van der Waals surface area contributed by atoms with Gasteiger partial charge >= 0.3 is 0 Å². The zero-order valence-corrected chi connectivity index (χ0v) is 7.46. The van der Waals surface area contributed by atoms with Crippen molar-refractivity contribution in [3.8, 4) is 0 Å². The molecule has 33 valence electrons. The predicted molar refractivity (Wildman–Crippen MR) is 3.24 cm³/mol. The van der Waals surface area contributed by atoms with Crippen molar-refractivity contribution < 1.29 is 72.0 Å². The molecule has 4 heteroatoms. The van der Waals surface area contributed by atoms with Crippen LogP contribution in [-0.2, 0) is 72.0 Å². The Morgan fingerprint density at radius 2 is 1.00 bits per heavy atom. The van der Waals surface area contributed by atoms with E-state index in [0.717, 1.165) is 0 Å². The van der Waals surface area contributed by atoms with Gasteiger partial charge in [0.1, 0.15) is 0 Å². The molecule has 0 N–H and O–H groups in total. The van der Waals surface area contributed by atoms with Gasteiger partial charge in [0.05, 0.1) is 0 Å². The van der Waals surface area contributed by atoms with Crippen LogP contribution in [0, 0.1) is 7.43 Å². The van der Waals surface area contributed by atoms with Gasteiger partial charge in [-0.15, -0.1) is 0 Å². The monoisotopic (exact) mass is 275 g/mol.